The highest BCUT2D eigenvalue weighted by atomic mass is 32.3. The van der Waals surface area contributed by atoms with Gasteiger partial charge in [-0.05, 0) is 120 Å². The number of rotatable bonds is 0. The van der Waals surface area contributed by atoms with Crippen LogP contribution in [0.4, 0.5) is 0 Å². The molecule has 0 aromatic rings. The highest BCUT2D eigenvalue weighted by molar-refractivity contribution is 8.35. The van der Waals surface area contributed by atoms with Crippen LogP contribution in [0.15, 0.2) is 0 Å². The standard InChI is InChI=1S/C22H24S2/c1-5-7-3-9-13(5)15-11(1)17(7)21(19(9)15)23-22(24-21)18-8-4-10-14-6(8)2-12(18)16(14)20(10)22/h5-20H,1-4H2/t5-,6-,7-,8-,9-,10+,11-,12-,13-,14-,15-,16-,17-,18-,19+,20-,21?,22?/m1/s1. The zero-order chi connectivity index (χ0) is 14.5. The SMILES string of the molecule is C1[C@@H]2[C@H]3C[C@H]4[C@@H]2[C@H]2[C@@H]1[C@@H]3C1(SC3(S1)[C@@H]1[C@@H]5C[C@@H]6[C@H]7[C@@H]5C[C@@H]1[C@H]7[C@H]63)[C@H]42. The van der Waals surface area contributed by atoms with E-state index >= 15 is 0 Å². The van der Waals surface area contributed by atoms with Gasteiger partial charge in [-0.2, -0.15) is 0 Å². The lowest BCUT2D eigenvalue weighted by Gasteiger charge is -2.69. The van der Waals surface area contributed by atoms with Gasteiger partial charge in [0.25, 0.3) is 0 Å². The minimum Gasteiger partial charge on any atom is -0.125 e. The molecule has 1 aliphatic heterocycles. The smallest absolute Gasteiger partial charge is 0.0706 e. The van der Waals surface area contributed by atoms with Gasteiger partial charge in [0.05, 0.1) is 8.16 Å². The molecule has 4 bridgehead atoms. The van der Waals surface area contributed by atoms with Crippen LogP contribution < -0.4 is 0 Å². The van der Waals surface area contributed by atoms with Gasteiger partial charge in [-0.1, -0.05) is 0 Å². The van der Waals surface area contributed by atoms with E-state index in [-0.39, 0.29) is 0 Å². The van der Waals surface area contributed by atoms with E-state index in [0.29, 0.717) is 0 Å². The van der Waals surface area contributed by atoms with Gasteiger partial charge in [-0.3, -0.25) is 0 Å². The first kappa shape index (κ1) is 11.5. The zero-order valence-corrected chi connectivity index (χ0v) is 15.5. The van der Waals surface area contributed by atoms with Crippen molar-refractivity contribution in [1.29, 1.82) is 0 Å². The topological polar surface area (TPSA) is 0 Å². The van der Waals surface area contributed by atoms with Crippen LogP contribution in [0, 0.1) is 94.7 Å². The van der Waals surface area contributed by atoms with Gasteiger partial charge in [0.15, 0.2) is 0 Å². The van der Waals surface area contributed by atoms with Crippen molar-refractivity contribution in [3.05, 3.63) is 0 Å². The van der Waals surface area contributed by atoms with Gasteiger partial charge >= 0.3 is 0 Å². The Morgan fingerprint density at radius 1 is 0.417 bits per heavy atom. The molecule has 1 heterocycles. The maximum Gasteiger partial charge on any atom is 0.0706 e. The lowest BCUT2D eigenvalue weighted by molar-refractivity contribution is 0.0127. The number of hydrogen-bond acceptors (Lipinski definition) is 2. The van der Waals surface area contributed by atoms with Gasteiger partial charge < -0.3 is 0 Å². The second kappa shape index (κ2) is 2.75. The Balaban J connectivity index is 1.11. The van der Waals surface area contributed by atoms with Crippen LogP contribution in [0.2, 0.25) is 0 Å². The summed E-state index contributed by atoms with van der Waals surface area (Å²) >= 11 is 5.46. The molecule has 0 nitrogen and oxygen atoms in total. The van der Waals surface area contributed by atoms with E-state index in [1.165, 1.54) is 94.7 Å². The third-order valence-electron chi connectivity index (χ3n) is 13.2. The second-order valence-electron chi connectivity index (χ2n) is 12.3. The molecule has 16 atom stereocenters. The summed E-state index contributed by atoms with van der Waals surface area (Å²) in [6.45, 7) is 0. The molecule has 2 heteroatoms. The zero-order valence-electron chi connectivity index (χ0n) is 13.9. The van der Waals surface area contributed by atoms with E-state index in [1.54, 1.807) is 25.7 Å². The molecule has 0 amide bonds. The Labute approximate surface area is 152 Å². The quantitative estimate of drug-likeness (QED) is 0.633. The third kappa shape index (κ3) is 0.687. The maximum atomic E-state index is 2.73. The first-order chi connectivity index (χ1) is 11.8. The van der Waals surface area contributed by atoms with E-state index < -0.39 is 0 Å². The number of hydrogen-bond donors (Lipinski definition) is 0. The van der Waals surface area contributed by atoms with Crippen molar-refractivity contribution < 1.29 is 0 Å². The van der Waals surface area contributed by atoms with Crippen molar-refractivity contribution in [3.8, 4) is 0 Å². The summed E-state index contributed by atoms with van der Waals surface area (Å²) in [6, 6.07) is 0. The molecule has 10 saturated carbocycles. The minimum atomic E-state index is 0.796. The van der Waals surface area contributed by atoms with Gasteiger partial charge in [-0.25, -0.2) is 0 Å². The molecule has 10 aliphatic carbocycles. The largest absolute Gasteiger partial charge is 0.125 e. The van der Waals surface area contributed by atoms with Crippen LogP contribution in [-0.4, -0.2) is 8.16 Å². The molecule has 24 heavy (non-hydrogen) atoms. The van der Waals surface area contributed by atoms with Crippen molar-refractivity contribution in [2.75, 3.05) is 0 Å². The molecule has 11 rings (SSSR count). The summed E-state index contributed by atoms with van der Waals surface area (Å²) < 4.78 is 1.59. The third-order valence-corrected chi connectivity index (χ3v) is 17.7. The van der Waals surface area contributed by atoms with E-state index in [9.17, 15) is 0 Å². The lowest BCUT2D eigenvalue weighted by atomic mass is 9.59. The Kier molecular flexibility index (Phi) is 1.32. The average Bonchev–Trinajstić information content (AvgIpc) is 3.17. The molecule has 0 unspecified atom stereocenters. The molecule has 0 radical (unpaired) electrons. The monoisotopic (exact) mass is 352 g/mol. The van der Waals surface area contributed by atoms with Crippen LogP contribution >= 0.6 is 23.5 Å². The Bertz CT molecular complexity index is 722. The Morgan fingerprint density at radius 3 is 1.33 bits per heavy atom. The van der Waals surface area contributed by atoms with Gasteiger partial charge in [0.1, 0.15) is 0 Å². The summed E-state index contributed by atoms with van der Waals surface area (Å²) in [5.41, 5.74) is 0. The van der Waals surface area contributed by atoms with Gasteiger partial charge in [0.2, 0.25) is 0 Å². The van der Waals surface area contributed by atoms with Crippen LogP contribution in [0.1, 0.15) is 25.7 Å². The van der Waals surface area contributed by atoms with Crippen molar-refractivity contribution in [2.45, 2.75) is 33.8 Å². The predicted octanol–water partition coefficient (Wildman–Crippen LogP) is 4.41. The molecule has 0 aromatic heterocycles. The van der Waals surface area contributed by atoms with E-state index in [1.807, 2.05) is 0 Å². The summed E-state index contributed by atoms with van der Waals surface area (Å²) in [5, 5.41) is 0. The lowest BCUT2D eigenvalue weighted by Crippen LogP contribution is -2.64. The second-order valence-corrected chi connectivity index (χ2v) is 15.9. The first-order valence-electron chi connectivity index (χ1n) is 11.2. The molecular formula is C22H24S2. The highest BCUT2D eigenvalue weighted by Gasteiger charge is 2.94. The molecule has 124 valence electrons. The molecule has 2 spiro atoms. The average molecular weight is 353 g/mol. The summed E-state index contributed by atoms with van der Waals surface area (Å²) in [6.07, 6.45) is 6.78. The van der Waals surface area contributed by atoms with Crippen LogP contribution in [0.3, 0.4) is 0 Å². The van der Waals surface area contributed by atoms with Crippen molar-refractivity contribution >= 4 is 23.5 Å². The molecule has 1 saturated heterocycles. The fourth-order valence-corrected chi connectivity index (χ4v) is 20.2. The number of fused-ring (bicyclic) bond motifs is 8. The van der Waals surface area contributed by atoms with E-state index in [0.717, 1.165) is 8.16 Å². The van der Waals surface area contributed by atoms with Crippen molar-refractivity contribution in [2.24, 2.45) is 94.7 Å². The fourth-order valence-electron chi connectivity index (χ4n) is 13.9. The highest BCUT2D eigenvalue weighted by Crippen LogP contribution is 2.99. The molecule has 11 aliphatic rings. The summed E-state index contributed by atoms with van der Waals surface area (Å²) in [4.78, 5) is 0. The van der Waals surface area contributed by atoms with Crippen LogP contribution in [0.25, 0.3) is 0 Å². The molecule has 11 fully saturated rings. The Morgan fingerprint density at radius 2 is 0.833 bits per heavy atom. The molecule has 0 aromatic carbocycles. The van der Waals surface area contributed by atoms with Crippen LogP contribution in [-0.2, 0) is 0 Å². The fraction of sp³-hybridized carbons (Fsp3) is 1.00. The maximum absolute atomic E-state index is 2.73. The van der Waals surface area contributed by atoms with Crippen molar-refractivity contribution in [3.63, 3.8) is 0 Å². The predicted molar refractivity (Wildman–Crippen MR) is 95.0 cm³/mol. The van der Waals surface area contributed by atoms with Gasteiger partial charge in [0, 0.05) is 0 Å². The van der Waals surface area contributed by atoms with Gasteiger partial charge in [-0.15, -0.1) is 23.5 Å². The molecular weight excluding hydrogens is 328 g/mol. The number of thioether (sulfide) groups is 2. The molecule has 0 N–H and O–H groups in total. The minimum absolute atomic E-state index is 0.796. The normalized spacial score (nSPS) is 94.0. The summed E-state index contributed by atoms with van der Waals surface area (Å²) in [7, 11) is 0. The summed E-state index contributed by atoms with van der Waals surface area (Å²) in [5.74, 6) is 19.7. The van der Waals surface area contributed by atoms with Crippen LogP contribution in [0.5, 0.6) is 0 Å². The van der Waals surface area contributed by atoms with E-state index in [4.69, 9.17) is 0 Å². The Hall–Kier alpha value is 0.700. The van der Waals surface area contributed by atoms with Crippen molar-refractivity contribution in [1.82, 2.24) is 0 Å². The first-order valence-corrected chi connectivity index (χ1v) is 12.9. The van der Waals surface area contributed by atoms with E-state index in [2.05, 4.69) is 23.5 Å².